The minimum atomic E-state index is 0.965. The molecule has 0 aromatic carbocycles. The van der Waals surface area contributed by atoms with Gasteiger partial charge in [0.1, 0.15) is 0 Å². The molecule has 0 nitrogen and oxygen atoms in total. The van der Waals surface area contributed by atoms with Gasteiger partial charge in [-0.2, -0.15) is 0 Å². The maximum Gasteiger partial charge on any atom is -0.0157 e. The second-order valence-electron chi connectivity index (χ2n) is 6.25. The van der Waals surface area contributed by atoms with E-state index in [4.69, 9.17) is 0 Å². The van der Waals surface area contributed by atoms with Crippen LogP contribution in [0.15, 0.2) is 24.3 Å². The number of fused-ring (bicyclic) bond motifs is 1. The minimum absolute atomic E-state index is 0.965. The summed E-state index contributed by atoms with van der Waals surface area (Å²) >= 11 is 0. The van der Waals surface area contributed by atoms with Gasteiger partial charge in [0.05, 0.1) is 0 Å². The fourth-order valence-corrected chi connectivity index (χ4v) is 6.23. The van der Waals surface area contributed by atoms with Crippen LogP contribution in [0.25, 0.3) is 0 Å². The Morgan fingerprint density at radius 2 is 1.14 bits per heavy atom. The van der Waals surface area contributed by atoms with Gasteiger partial charge in [0.25, 0.3) is 0 Å². The van der Waals surface area contributed by atoms with Crippen LogP contribution in [0.3, 0.4) is 0 Å². The molecule has 0 heterocycles. The minimum Gasteiger partial charge on any atom is -0.0845 e. The molecule has 9 atom stereocenters. The van der Waals surface area contributed by atoms with Gasteiger partial charge in [-0.1, -0.05) is 31.2 Å². The average Bonchev–Trinajstić information content (AvgIpc) is 2.87. The summed E-state index contributed by atoms with van der Waals surface area (Å²) in [6.07, 6.45) is 10.3. The third kappa shape index (κ3) is 0.441. The number of allylic oxidation sites excluding steroid dienone is 4. The first kappa shape index (κ1) is 6.87. The van der Waals surface area contributed by atoms with Gasteiger partial charge in [-0.05, 0) is 53.3 Å². The second-order valence-corrected chi connectivity index (χ2v) is 6.25. The third-order valence-corrected chi connectivity index (χ3v) is 6.33. The van der Waals surface area contributed by atoms with Crippen LogP contribution in [0, 0.1) is 53.3 Å². The Labute approximate surface area is 85.1 Å². The Balaban J connectivity index is 1.82. The Morgan fingerprint density at radius 3 is 1.93 bits per heavy atom. The SMILES string of the molecule is CC1C2C=CC3C4C5C=CC4C(C15)C23. The Morgan fingerprint density at radius 1 is 0.571 bits per heavy atom. The Hall–Kier alpha value is -0.520. The van der Waals surface area contributed by atoms with Crippen molar-refractivity contribution in [3.8, 4) is 0 Å². The highest BCUT2D eigenvalue weighted by atomic mass is 14.7. The van der Waals surface area contributed by atoms with Crippen LogP contribution >= 0.6 is 0 Å². The topological polar surface area (TPSA) is 0 Å². The summed E-state index contributed by atoms with van der Waals surface area (Å²) in [6.45, 7) is 2.52. The lowest BCUT2D eigenvalue weighted by atomic mass is 9.73. The zero-order valence-electron chi connectivity index (χ0n) is 8.51. The Bertz CT molecular complexity index is 377. The molecular formula is C14H16. The van der Waals surface area contributed by atoms with Crippen molar-refractivity contribution in [1.29, 1.82) is 0 Å². The molecule has 0 saturated heterocycles. The van der Waals surface area contributed by atoms with E-state index >= 15 is 0 Å². The quantitative estimate of drug-likeness (QED) is 0.508. The van der Waals surface area contributed by atoms with Crippen molar-refractivity contribution in [3.63, 3.8) is 0 Å². The van der Waals surface area contributed by atoms with Crippen molar-refractivity contribution in [3.05, 3.63) is 24.3 Å². The summed E-state index contributed by atoms with van der Waals surface area (Å²) in [4.78, 5) is 0. The van der Waals surface area contributed by atoms with E-state index in [0.717, 1.165) is 53.3 Å². The highest BCUT2D eigenvalue weighted by Gasteiger charge is 2.71. The zero-order valence-corrected chi connectivity index (χ0v) is 8.51. The molecule has 72 valence electrons. The van der Waals surface area contributed by atoms with Gasteiger partial charge < -0.3 is 0 Å². The van der Waals surface area contributed by atoms with E-state index in [9.17, 15) is 0 Å². The molecule has 14 heavy (non-hydrogen) atoms. The highest BCUT2D eigenvalue weighted by molar-refractivity contribution is 5.34. The fraction of sp³-hybridized carbons (Fsp3) is 0.714. The van der Waals surface area contributed by atoms with Crippen molar-refractivity contribution in [2.45, 2.75) is 6.92 Å². The van der Waals surface area contributed by atoms with E-state index < -0.39 is 0 Å². The molecular weight excluding hydrogens is 168 g/mol. The summed E-state index contributed by atoms with van der Waals surface area (Å²) in [6, 6.07) is 0. The first-order chi connectivity index (χ1) is 6.88. The first-order valence-electron chi connectivity index (χ1n) is 6.24. The predicted molar refractivity (Wildman–Crippen MR) is 55.4 cm³/mol. The molecule has 0 aromatic heterocycles. The van der Waals surface area contributed by atoms with Crippen LogP contribution in [-0.4, -0.2) is 0 Å². The molecule has 0 aromatic rings. The van der Waals surface area contributed by atoms with Crippen LogP contribution in [-0.2, 0) is 0 Å². The lowest BCUT2D eigenvalue weighted by molar-refractivity contribution is 0.206. The number of hydrogen-bond acceptors (Lipinski definition) is 0. The molecule has 5 aliphatic carbocycles. The van der Waals surface area contributed by atoms with Crippen LogP contribution in [0.5, 0.6) is 0 Å². The monoisotopic (exact) mass is 184 g/mol. The molecule has 0 spiro atoms. The fourth-order valence-electron chi connectivity index (χ4n) is 6.23. The molecule has 5 rings (SSSR count). The van der Waals surface area contributed by atoms with Gasteiger partial charge in [0, 0.05) is 0 Å². The van der Waals surface area contributed by atoms with Gasteiger partial charge >= 0.3 is 0 Å². The molecule has 0 radical (unpaired) electrons. The van der Waals surface area contributed by atoms with Gasteiger partial charge in [-0.3, -0.25) is 0 Å². The molecule has 0 heteroatoms. The smallest absolute Gasteiger partial charge is 0.0157 e. The van der Waals surface area contributed by atoms with E-state index in [1.54, 1.807) is 0 Å². The van der Waals surface area contributed by atoms with Crippen LogP contribution in [0.2, 0.25) is 0 Å². The van der Waals surface area contributed by atoms with Gasteiger partial charge in [0.15, 0.2) is 0 Å². The molecule has 5 aliphatic rings. The Kier molecular flexibility index (Phi) is 0.869. The van der Waals surface area contributed by atoms with Crippen molar-refractivity contribution >= 4 is 0 Å². The molecule has 0 N–H and O–H groups in total. The lowest BCUT2D eigenvalue weighted by Crippen LogP contribution is -2.27. The largest absolute Gasteiger partial charge is 0.0845 e. The summed E-state index contributed by atoms with van der Waals surface area (Å²) in [5, 5.41) is 0. The normalized spacial score (nSPS) is 74.2. The van der Waals surface area contributed by atoms with Crippen LogP contribution < -0.4 is 0 Å². The second kappa shape index (κ2) is 1.77. The van der Waals surface area contributed by atoms with E-state index in [2.05, 4.69) is 31.2 Å². The predicted octanol–water partition coefficient (Wildman–Crippen LogP) is 2.73. The van der Waals surface area contributed by atoms with Gasteiger partial charge in [-0.15, -0.1) is 0 Å². The maximum atomic E-state index is 2.58. The number of rotatable bonds is 0. The summed E-state index contributed by atoms with van der Waals surface area (Å²) in [7, 11) is 0. The molecule has 3 fully saturated rings. The number of hydrogen-bond donors (Lipinski definition) is 0. The van der Waals surface area contributed by atoms with Crippen LogP contribution in [0.4, 0.5) is 0 Å². The van der Waals surface area contributed by atoms with Gasteiger partial charge in [0.2, 0.25) is 0 Å². The van der Waals surface area contributed by atoms with E-state index in [-0.39, 0.29) is 0 Å². The third-order valence-electron chi connectivity index (χ3n) is 6.33. The van der Waals surface area contributed by atoms with E-state index in [1.807, 2.05) is 0 Å². The van der Waals surface area contributed by atoms with E-state index in [1.165, 1.54) is 0 Å². The molecule has 3 saturated carbocycles. The van der Waals surface area contributed by atoms with Crippen molar-refractivity contribution in [2.24, 2.45) is 53.3 Å². The van der Waals surface area contributed by atoms with Crippen molar-refractivity contribution < 1.29 is 0 Å². The summed E-state index contributed by atoms with van der Waals surface area (Å²) in [5.41, 5.74) is 0. The summed E-state index contributed by atoms with van der Waals surface area (Å²) in [5.74, 6) is 9.20. The molecule has 0 amide bonds. The zero-order chi connectivity index (χ0) is 9.02. The highest BCUT2D eigenvalue weighted by Crippen LogP contribution is 2.75. The standard InChI is InChI=1S/C14H16/c1-6-7-2-3-9-12-8-4-5-10(12)14(11(6)8)13(7)9/h2-14H,1H3. The maximum absolute atomic E-state index is 2.58. The van der Waals surface area contributed by atoms with Gasteiger partial charge in [-0.25, -0.2) is 0 Å². The van der Waals surface area contributed by atoms with E-state index in [0.29, 0.717) is 0 Å². The van der Waals surface area contributed by atoms with Crippen molar-refractivity contribution in [1.82, 2.24) is 0 Å². The van der Waals surface area contributed by atoms with Crippen LogP contribution in [0.1, 0.15) is 6.92 Å². The first-order valence-corrected chi connectivity index (χ1v) is 6.24. The average molecular weight is 184 g/mol. The molecule has 9 unspecified atom stereocenters. The molecule has 0 aliphatic heterocycles. The lowest BCUT2D eigenvalue weighted by Gasteiger charge is -2.31. The summed E-state index contributed by atoms with van der Waals surface area (Å²) < 4.78 is 0. The van der Waals surface area contributed by atoms with Crippen molar-refractivity contribution in [2.75, 3.05) is 0 Å². The molecule has 4 bridgehead atoms.